The molecule has 0 N–H and O–H groups in total. The summed E-state index contributed by atoms with van der Waals surface area (Å²) >= 11 is 0. The lowest BCUT2D eigenvalue weighted by atomic mass is 9.92. The second-order valence-corrected chi connectivity index (χ2v) is 13.4. The van der Waals surface area contributed by atoms with Gasteiger partial charge in [-0.25, -0.2) is 0 Å². The topological polar surface area (TPSA) is 47.1 Å². The molecule has 2 aliphatic rings. The van der Waals surface area contributed by atoms with Crippen molar-refractivity contribution < 1.29 is 9.59 Å². The van der Waals surface area contributed by atoms with Crippen molar-refractivity contribution in [3.05, 3.63) is 107 Å². The molecule has 2 saturated heterocycles. The van der Waals surface area contributed by atoms with Gasteiger partial charge in [-0.15, -0.1) is 34.0 Å². The number of carbonyl (C=O) groups is 2. The molecule has 5 rings (SSSR count). The minimum atomic E-state index is -0.0231. The maximum Gasteiger partial charge on any atom is 0.227 e. The lowest BCUT2D eigenvalue weighted by Crippen LogP contribution is -2.53. The standard InChI is InChI=1S/C40H54N4O2.2BrH/c1-4-24-43(28-33-14-8-6-9-15-33)39(45)36-18-12-26-41(30-36)38(35-22-20-32(3)21-23-35)42-27-13-19-37(31-42)40(46)44(25-5-2)29-34-16-10-7-11-17-34;;/h6-11,14-17,20-23,36-38H,4-5,12-13,18-19,24-31H2,1-3H3;2*1H. The van der Waals surface area contributed by atoms with Crippen LogP contribution >= 0.6 is 34.0 Å². The summed E-state index contributed by atoms with van der Waals surface area (Å²) in [5.41, 5.74) is 4.87. The van der Waals surface area contributed by atoms with Crippen LogP contribution in [0, 0.1) is 18.8 Å². The quantitative estimate of drug-likeness (QED) is 0.175. The van der Waals surface area contributed by atoms with Crippen LogP contribution in [-0.4, -0.2) is 70.7 Å². The van der Waals surface area contributed by atoms with Gasteiger partial charge in [-0.1, -0.05) is 104 Å². The number of hydrogen-bond acceptors (Lipinski definition) is 4. The van der Waals surface area contributed by atoms with Gasteiger partial charge in [0.25, 0.3) is 0 Å². The molecule has 262 valence electrons. The molecule has 0 saturated carbocycles. The highest BCUT2D eigenvalue weighted by atomic mass is 79.9. The van der Waals surface area contributed by atoms with Crippen LogP contribution in [0.4, 0.5) is 0 Å². The number of nitrogens with zero attached hydrogens (tertiary/aromatic N) is 4. The fourth-order valence-corrected chi connectivity index (χ4v) is 7.45. The van der Waals surface area contributed by atoms with Crippen molar-refractivity contribution in [2.75, 3.05) is 39.3 Å². The number of halogens is 2. The Bertz CT molecular complexity index is 1290. The van der Waals surface area contributed by atoms with Gasteiger partial charge in [0.05, 0.1) is 18.0 Å². The van der Waals surface area contributed by atoms with Crippen LogP contribution < -0.4 is 0 Å². The van der Waals surface area contributed by atoms with Gasteiger partial charge < -0.3 is 9.80 Å². The number of hydrogen-bond donors (Lipinski definition) is 0. The molecule has 8 heteroatoms. The fourth-order valence-electron chi connectivity index (χ4n) is 7.45. The first-order valence-electron chi connectivity index (χ1n) is 17.7. The van der Waals surface area contributed by atoms with Gasteiger partial charge in [0.15, 0.2) is 0 Å². The molecule has 2 aliphatic heterocycles. The number of likely N-dealkylation sites (tertiary alicyclic amines) is 2. The second kappa shape index (κ2) is 20.2. The zero-order valence-corrected chi connectivity index (χ0v) is 32.6. The maximum absolute atomic E-state index is 14.1. The number of rotatable bonds is 13. The van der Waals surface area contributed by atoms with E-state index in [1.54, 1.807) is 0 Å². The Labute approximate surface area is 310 Å². The van der Waals surface area contributed by atoms with Crippen LogP contribution in [0.15, 0.2) is 84.9 Å². The van der Waals surface area contributed by atoms with E-state index in [1.807, 2.05) is 12.1 Å². The monoisotopic (exact) mass is 782 g/mol. The van der Waals surface area contributed by atoms with Gasteiger partial charge in [0, 0.05) is 52.4 Å². The Morgan fingerprint density at radius 1 is 0.667 bits per heavy atom. The molecule has 2 amide bonds. The lowest BCUT2D eigenvalue weighted by Gasteiger charge is -2.46. The Kier molecular flexibility index (Phi) is 16.8. The summed E-state index contributed by atoms with van der Waals surface area (Å²) < 4.78 is 0. The molecule has 0 radical (unpaired) electrons. The van der Waals surface area contributed by atoms with Crippen LogP contribution in [0.1, 0.15) is 80.8 Å². The summed E-state index contributed by atoms with van der Waals surface area (Å²) in [5, 5.41) is 0. The van der Waals surface area contributed by atoms with Crippen LogP contribution in [0.5, 0.6) is 0 Å². The highest BCUT2D eigenvalue weighted by Crippen LogP contribution is 2.34. The number of aryl methyl sites for hydroxylation is 1. The first kappa shape index (κ1) is 39.9. The van der Waals surface area contributed by atoms with Crippen LogP contribution in [0.25, 0.3) is 0 Å². The van der Waals surface area contributed by atoms with Crippen molar-refractivity contribution in [3.63, 3.8) is 0 Å². The van der Waals surface area contributed by atoms with E-state index in [1.165, 1.54) is 22.3 Å². The Morgan fingerprint density at radius 3 is 1.48 bits per heavy atom. The zero-order chi connectivity index (χ0) is 32.3. The molecule has 0 spiro atoms. The highest BCUT2D eigenvalue weighted by Gasteiger charge is 2.38. The van der Waals surface area contributed by atoms with E-state index in [4.69, 9.17) is 0 Å². The summed E-state index contributed by atoms with van der Waals surface area (Å²) in [6.45, 7) is 12.7. The molecular formula is C40H56Br2N4O2. The van der Waals surface area contributed by atoms with E-state index < -0.39 is 0 Å². The molecule has 6 nitrogen and oxygen atoms in total. The number of piperidine rings is 2. The third-order valence-corrected chi connectivity index (χ3v) is 9.71. The van der Waals surface area contributed by atoms with Crippen molar-refractivity contribution in [1.29, 1.82) is 0 Å². The average Bonchev–Trinajstić information content (AvgIpc) is 3.09. The van der Waals surface area contributed by atoms with Gasteiger partial charge in [0.2, 0.25) is 11.8 Å². The predicted molar refractivity (Wildman–Crippen MR) is 207 cm³/mol. The van der Waals surface area contributed by atoms with Gasteiger partial charge in [0.1, 0.15) is 0 Å². The van der Waals surface area contributed by atoms with E-state index in [9.17, 15) is 9.59 Å². The van der Waals surface area contributed by atoms with Crippen molar-refractivity contribution in [2.24, 2.45) is 11.8 Å². The summed E-state index contributed by atoms with van der Waals surface area (Å²) in [7, 11) is 0. The van der Waals surface area contributed by atoms with Gasteiger partial charge in [-0.05, 0) is 62.1 Å². The van der Waals surface area contributed by atoms with Crippen LogP contribution in [-0.2, 0) is 22.7 Å². The molecule has 3 aromatic carbocycles. The molecule has 48 heavy (non-hydrogen) atoms. The Hall–Kier alpha value is -2.52. The first-order chi connectivity index (χ1) is 22.5. The summed E-state index contributed by atoms with van der Waals surface area (Å²) in [6, 6.07) is 29.7. The predicted octanol–water partition coefficient (Wildman–Crippen LogP) is 8.45. The number of amides is 2. The van der Waals surface area contributed by atoms with E-state index >= 15 is 0 Å². The van der Waals surface area contributed by atoms with Gasteiger partial charge >= 0.3 is 0 Å². The molecule has 2 fully saturated rings. The van der Waals surface area contributed by atoms with Crippen LogP contribution in [0.3, 0.4) is 0 Å². The largest absolute Gasteiger partial charge is 0.338 e. The van der Waals surface area contributed by atoms with Crippen LogP contribution in [0.2, 0.25) is 0 Å². The van der Waals surface area contributed by atoms with E-state index in [-0.39, 0.29) is 63.8 Å². The molecule has 2 unspecified atom stereocenters. The summed E-state index contributed by atoms with van der Waals surface area (Å²) in [4.78, 5) is 37.4. The molecule has 0 aromatic heterocycles. The third kappa shape index (κ3) is 10.7. The second-order valence-electron chi connectivity index (χ2n) is 13.4. The van der Waals surface area contributed by atoms with E-state index in [0.717, 1.165) is 77.8 Å². The summed E-state index contributed by atoms with van der Waals surface area (Å²) in [5.74, 6) is 0.511. The minimum Gasteiger partial charge on any atom is -0.338 e. The van der Waals surface area contributed by atoms with Gasteiger partial charge in [-0.2, -0.15) is 0 Å². The normalized spacial score (nSPS) is 19.0. The number of carbonyl (C=O) groups excluding carboxylic acids is 2. The first-order valence-corrected chi connectivity index (χ1v) is 17.7. The Morgan fingerprint density at radius 2 is 1.08 bits per heavy atom. The molecular weight excluding hydrogens is 728 g/mol. The van der Waals surface area contributed by atoms with Gasteiger partial charge in [-0.3, -0.25) is 19.4 Å². The highest BCUT2D eigenvalue weighted by molar-refractivity contribution is 8.93. The molecule has 0 aliphatic carbocycles. The maximum atomic E-state index is 14.1. The number of benzene rings is 3. The third-order valence-electron chi connectivity index (χ3n) is 9.71. The zero-order valence-electron chi connectivity index (χ0n) is 29.1. The Balaban J connectivity index is 0.00000312. The molecule has 0 bridgehead atoms. The fraction of sp³-hybridized carbons (Fsp3) is 0.500. The minimum absolute atomic E-state index is 0. The SMILES string of the molecule is Br.Br.CCCN(Cc1ccccc1)C(=O)C1CCCN(C(c2ccc(C)cc2)N2CCCC(C(=O)N(CCC)Cc3ccccc3)C2)C1. The molecule has 2 atom stereocenters. The lowest BCUT2D eigenvalue weighted by molar-refractivity contribution is -0.141. The smallest absolute Gasteiger partial charge is 0.227 e. The van der Waals surface area contributed by atoms with Crippen molar-refractivity contribution >= 4 is 45.8 Å². The van der Waals surface area contributed by atoms with Crippen molar-refractivity contribution in [2.45, 2.75) is 78.6 Å². The van der Waals surface area contributed by atoms with E-state index in [0.29, 0.717) is 13.1 Å². The summed E-state index contributed by atoms with van der Waals surface area (Å²) in [6.07, 6.45) is 5.81. The molecule has 3 aromatic rings. The van der Waals surface area contributed by atoms with E-state index in [2.05, 4.69) is 113 Å². The molecule has 2 heterocycles. The van der Waals surface area contributed by atoms with Crippen molar-refractivity contribution in [1.82, 2.24) is 19.6 Å². The van der Waals surface area contributed by atoms with Crippen molar-refractivity contribution in [3.8, 4) is 0 Å². The average molecular weight is 785 g/mol.